The molecule has 0 aromatic heterocycles. The Morgan fingerprint density at radius 2 is 1.74 bits per heavy atom. The van der Waals surface area contributed by atoms with Crippen LogP contribution in [0.25, 0.3) is 0 Å². The van der Waals surface area contributed by atoms with E-state index >= 15 is 0 Å². The van der Waals surface area contributed by atoms with Crippen molar-refractivity contribution >= 4 is 27.3 Å². The Hall–Kier alpha value is -2.54. The number of nitrogens with zero attached hydrogens (tertiary/aromatic N) is 1. The third kappa shape index (κ3) is 5.23. The number of anilines is 2. The van der Waals surface area contributed by atoms with Gasteiger partial charge in [0.2, 0.25) is 15.9 Å². The van der Waals surface area contributed by atoms with E-state index in [4.69, 9.17) is 4.74 Å². The molecule has 2 aromatic carbocycles. The van der Waals surface area contributed by atoms with Crippen molar-refractivity contribution in [2.45, 2.75) is 33.7 Å². The van der Waals surface area contributed by atoms with E-state index in [1.54, 1.807) is 43.3 Å². The van der Waals surface area contributed by atoms with Crippen LogP contribution in [-0.4, -0.2) is 33.2 Å². The first-order valence-electron chi connectivity index (χ1n) is 8.74. The molecule has 0 saturated heterocycles. The average Bonchev–Trinajstić information content (AvgIpc) is 2.59. The number of ether oxygens (including phenoxy) is 1. The van der Waals surface area contributed by atoms with Crippen LogP contribution in [0.3, 0.4) is 0 Å². The molecule has 1 N–H and O–H groups in total. The zero-order valence-electron chi connectivity index (χ0n) is 16.3. The van der Waals surface area contributed by atoms with Gasteiger partial charge in [-0.1, -0.05) is 6.07 Å². The summed E-state index contributed by atoms with van der Waals surface area (Å²) in [6.45, 7) is 7.88. The van der Waals surface area contributed by atoms with Crippen LogP contribution in [0.4, 0.5) is 11.4 Å². The maximum Gasteiger partial charge on any atom is 0.247 e. The van der Waals surface area contributed by atoms with Crippen LogP contribution >= 0.6 is 0 Å². The summed E-state index contributed by atoms with van der Waals surface area (Å²) < 4.78 is 31.3. The first-order valence-corrected chi connectivity index (χ1v) is 10.6. The van der Waals surface area contributed by atoms with Gasteiger partial charge in [0.15, 0.2) is 0 Å². The van der Waals surface area contributed by atoms with Gasteiger partial charge in [-0.25, -0.2) is 8.42 Å². The van der Waals surface area contributed by atoms with Gasteiger partial charge in [-0.2, -0.15) is 0 Å². The van der Waals surface area contributed by atoms with Crippen molar-refractivity contribution in [3.63, 3.8) is 0 Å². The van der Waals surface area contributed by atoms with Gasteiger partial charge in [0.25, 0.3) is 0 Å². The first kappa shape index (κ1) is 20.8. The molecule has 1 amide bonds. The number of carbonyl (C=O) groups is 1. The number of nitrogens with one attached hydrogen (secondary N) is 1. The Morgan fingerprint density at radius 3 is 2.26 bits per heavy atom. The summed E-state index contributed by atoms with van der Waals surface area (Å²) in [7, 11) is -3.65. The molecule has 146 valence electrons. The van der Waals surface area contributed by atoms with Crippen LogP contribution in [0.15, 0.2) is 42.5 Å². The third-order valence-corrected chi connectivity index (χ3v) is 5.51. The van der Waals surface area contributed by atoms with Crippen molar-refractivity contribution in [1.29, 1.82) is 0 Å². The minimum absolute atomic E-state index is 0.414. The van der Waals surface area contributed by atoms with Crippen LogP contribution in [0.5, 0.6) is 5.75 Å². The molecule has 7 heteroatoms. The number of aryl methyl sites for hydroxylation is 2. The lowest BCUT2D eigenvalue weighted by Gasteiger charge is -2.28. The lowest BCUT2D eigenvalue weighted by atomic mass is 10.1. The molecule has 0 bridgehead atoms. The normalized spacial score (nSPS) is 12.3. The molecule has 0 fully saturated rings. The van der Waals surface area contributed by atoms with Crippen LogP contribution in [0, 0.1) is 13.8 Å². The molecule has 1 atom stereocenters. The Bertz CT molecular complexity index is 908. The number of rotatable bonds is 7. The van der Waals surface area contributed by atoms with Gasteiger partial charge in [-0.15, -0.1) is 0 Å². The van der Waals surface area contributed by atoms with Gasteiger partial charge in [0.05, 0.1) is 18.6 Å². The van der Waals surface area contributed by atoms with Crippen LogP contribution in [0.1, 0.15) is 25.0 Å². The standard InChI is InChI=1S/C20H26N2O4S/c1-6-26-19-11-8-17(9-12-19)21-20(23)16(4)22(27(5,24)25)18-10-7-14(2)15(3)13-18/h7-13,16H,6H2,1-5H3,(H,21,23)/t16-/m1/s1. The summed E-state index contributed by atoms with van der Waals surface area (Å²) >= 11 is 0. The summed E-state index contributed by atoms with van der Waals surface area (Å²) in [6.07, 6.45) is 1.10. The lowest BCUT2D eigenvalue weighted by Crippen LogP contribution is -2.45. The molecule has 2 aromatic rings. The summed E-state index contributed by atoms with van der Waals surface area (Å²) in [5, 5.41) is 2.76. The molecule has 0 heterocycles. The fraction of sp³-hybridized carbons (Fsp3) is 0.350. The minimum atomic E-state index is -3.65. The van der Waals surface area contributed by atoms with E-state index in [-0.39, 0.29) is 0 Å². The van der Waals surface area contributed by atoms with Crippen molar-refractivity contribution < 1.29 is 17.9 Å². The molecular weight excluding hydrogens is 364 g/mol. The quantitative estimate of drug-likeness (QED) is 0.785. The predicted molar refractivity (Wildman–Crippen MR) is 109 cm³/mol. The summed E-state index contributed by atoms with van der Waals surface area (Å²) in [5.41, 5.74) is 3.05. The van der Waals surface area contributed by atoms with E-state index in [2.05, 4.69) is 5.32 Å². The first-order chi connectivity index (χ1) is 12.6. The molecule has 2 rings (SSSR count). The molecule has 0 aliphatic carbocycles. The van der Waals surface area contributed by atoms with Crippen molar-refractivity contribution in [3.05, 3.63) is 53.6 Å². The van der Waals surface area contributed by atoms with Gasteiger partial charge >= 0.3 is 0 Å². The van der Waals surface area contributed by atoms with Gasteiger partial charge < -0.3 is 10.1 Å². The van der Waals surface area contributed by atoms with Gasteiger partial charge in [0.1, 0.15) is 11.8 Å². The molecule has 0 saturated carbocycles. The summed E-state index contributed by atoms with van der Waals surface area (Å²) in [5.74, 6) is 0.291. The monoisotopic (exact) mass is 390 g/mol. The topological polar surface area (TPSA) is 75.7 Å². The van der Waals surface area contributed by atoms with E-state index < -0.39 is 22.0 Å². The second kappa shape index (κ2) is 8.43. The SMILES string of the molecule is CCOc1ccc(NC(=O)[C@@H](C)N(c2ccc(C)c(C)c2)S(C)(=O)=O)cc1. The second-order valence-electron chi connectivity index (χ2n) is 6.45. The number of benzene rings is 2. The highest BCUT2D eigenvalue weighted by molar-refractivity contribution is 7.92. The van der Waals surface area contributed by atoms with Crippen molar-refractivity contribution in [2.75, 3.05) is 22.5 Å². The van der Waals surface area contributed by atoms with Crippen LogP contribution in [-0.2, 0) is 14.8 Å². The van der Waals surface area contributed by atoms with E-state index in [1.165, 1.54) is 0 Å². The fourth-order valence-corrected chi connectivity index (χ4v) is 3.89. The van der Waals surface area contributed by atoms with Crippen LogP contribution < -0.4 is 14.4 Å². The number of hydrogen-bond acceptors (Lipinski definition) is 4. The smallest absolute Gasteiger partial charge is 0.247 e. The zero-order chi connectivity index (χ0) is 20.2. The molecule has 0 spiro atoms. The molecule has 0 aliphatic heterocycles. The van der Waals surface area contributed by atoms with Gasteiger partial charge in [-0.3, -0.25) is 9.10 Å². The lowest BCUT2D eigenvalue weighted by molar-refractivity contribution is -0.116. The van der Waals surface area contributed by atoms with Crippen molar-refractivity contribution in [2.24, 2.45) is 0 Å². The Labute approximate surface area is 161 Å². The van der Waals surface area contributed by atoms with E-state index in [0.717, 1.165) is 21.7 Å². The van der Waals surface area contributed by atoms with E-state index in [0.29, 0.717) is 23.7 Å². The van der Waals surface area contributed by atoms with Gasteiger partial charge in [-0.05, 0) is 75.2 Å². The minimum Gasteiger partial charge on any atom is -0.494 e. The second-order valence-corrected chi connectivity index (χ2v) is 8.31. The molecule has 0 aliphatic rings. The summed E-state index contributed by atoms with van der Waals surface area (Å²) in [4.78, 5) is 12.7. The van der Waals surface area contributed by atoms with Crippen LogP contribution in [0.2, 0.25) is 0 Å². The maximum absolute atomic E-state index is 12.7. The summed E-state index contributed by atoms with van der Waals surface area (Å²) in [6, 6.07) is 11.4. The molecule has 0 radical (unpaired) electrons. The van der Waals surface area contributed by atoms with Gasteiger partial charge in [0, 0.05) is 5.69 Å². The molecule has 6 nitrogen and oxygen atoms in total. The molecule has 0 unspecified atom stereocenters. The highest BCUT2D eigenvalue weighted by Crippen LogP contribution is 2.24. The van der Waals surface area contributed by atoms with E-state index in [1.807, 2.05) is 26.8 Å². The zero-order valence-corrected chi connectivity index (χ0v) is 17.1. The van der Waals surface area contributed by atoms with Crippen molar-refractivity contribution in [1.82, 2.24) is 0 Å². The Kier molecular flexibility index (Phi) is 6.49. The average molecular weight is 391 g/mol. The number of hydrogen-bond donors (Lipinski definition) is 1. The largest absolute Gasteiger partial charge is 0.494 e. The number of sulfonamides is 1. The Morgan fingerprint density at radius 1 is 1.11 bits per heavy atom. The fourth-order valence-electron chi connectivity index (χ4n) is 2.72. The number of amides is 1. The highest BCUT2D eigenvalue weighted by Gasteiger charge is 2.29. The maximum atomic E-state index is 12.7. The number of carbonyl (C=O) groups excluding carboxylic acids is 1. The Balaban J connectivity index is 2.25. The van der Waals surface area contributed by atoms with E-state index in [9.17, 15) is 13.2 Å². The van der Waals surface area contributed by atoms with Crippen molar-refractivity contribution in [3.8, 4) is 5.75 Å². The third-order valence-electron chi connectivity index (χ3n) is 4.27. The highest BCUT2D eigenvalue weighted by atomic mass is 32.2. The predicted octanol–water partition coefficient (Wildman–Crippen LogP) is 3.50. The molecule has 27 heavy (non-hydrogen) atoms. The molecular formula is C20H26N2O4S.